The van der Waals surface area contributed by atoms with Crippen LogP contribution in [0.3, 0.4) is 0 Å². The number of aromatic hydroxyl groups is 1. The van der Waals surface area contributed by atoms with Gasteiger partial charge >= 0.3 is 37.7 Å². The molecule has 0 saturated heterocycles. The Morgan fingerprint density at radius 3 is 1.49 bits per heavy atom. The van der Waals surface area contributed by atoms with E-state index in [0.29, 0.717) is 35.5 Å². The first-order chi connectivity index (χ1) is 23.8. The predicted octanol–water partition coefficient (Wildman–Crippen LogP) is 8.53. The molecule has 10 nitrogen and oxygen atoms in total. The van der Waals surface area contributed by atoms with Gasteiger partial charge in [-0.2, -0.15) is 8.42 Å². The minimum Gasteiger partial charge on any atom is -0.872 e. The monoisotopic (exact) mass is 766 g/mol. The molecule has 13 heteroatoms. The molecule has 0 bridgehead atoms. The maximum absolute atomic E-state index is 12.3. The summed E-state index contributed by atoms with van der Waals surface area (Å²) in [6.45, 7) is 4.25. The van der Waals surface area contributed by atoms with Crippen molar-refractivity contribution in [3.63, 3.8) is 0 Å². The largest absolute Gasteiger partial charge is 2.00 e. The summed E-state index contributed by atoms with van der Waals surface area (Å²) in [5, 5.41) is 22.5. The number of phenols is 1. The fraction of sp³-hybridized carbons (Fsp3) is 0.368. The average Bonchev–Trinajstić information content (AvgIpc) is 3.06. The van der Waals surface area contributed by atoms with Crippen LogP contribution >= 0.6 is 0 Å². The van der Waals surface area contributed by atoms with Gasteiger partial charge in [0.1, 0.15) is 38.0 Å². The van der Waals surface area contributed by atoms with Gasteiger partial charge in [0.05, 0.1) is 4.90 Å². The molecule has 4 aromatic carbocycles. The van der Waals surface area contributed by atoms with Crippen molar-refractivity contribution in [2.24, 2.45) is 0 Å². The fourth-order valence-electron chi connectivity index (χ4n) is 5.20. The molecule has 0 aromatic heterocycles. The van der Waals surface area contributed by atoms with Gasteiger partial charge in [-0.1, -0.05) is 107 Å². The molecular formula is C38H46CaO10S2. The summed E-state index contributed by atoms with van der Waals surface area (Å²) < 4.78 is 78.7. The van der Waals surface area contributed by atoms with Gasteiger partial charge in [0.2, 0.25) is 0 Å². The molecule has 0 aliphatic carbocycles. The summed E-state index contributed by atoms with van der Waals surface area (Å²) in [5.41, 5.74) is 0.830. The molecule has 0 unspecified atom stereocenters. The van der Waals surface area contributed by atoms with Gasteiger partial charge in [-0.15, -0.1) is 5.75 Å². The van der Waals surface area contributed by atoms with E-state index < -0.39 is 25.1 Å². The smallest absolute Gasteiger partial charge is 0.872 e. The normalized spacial score (nSPS) is 11.2. The van der Waals surface area contributed by atoms with Crippen LogP contribution < -0.4 is 14.6 Å². The molecule has 0 fully saturated rings. The summed E-state index contributed by atoms with van der Waals surface area (Å²) in [5.74, 6) is 0.114. The Morgan fingerprint density at radius 2 is 1.04 bits per heavy atom. The molecular weight excluding hydrogens is 721 g/mol. The Hall–Kier alpha value is -2.84. The van der Waals surface area contributed by atoms with E-state index in [-0.39, 0.29) is 65.6 Å². The van der Waals surface area contributed by atoms with E-state index in [9.17, 15) is 36.2 Å². The van der Waals surface area contributed by atoms with Crippen molar-refractivity contribution in [3.8, 4) is 34.5 Å². The summed E-state index contributed by atoms with van der Waals surface area (Å²) in [6, 6.07) is 21.9. The van der Waals surface area contributed by atoms with Gasteiger partial charge in [-0.05, 0) is 73.7 Å². The Balaban J connectivity index is 0.000000347. The van der Waals surface area contributed by atoms with E-state index in [0.717, 1.165) is 70.3 Å². The van der Waals surface area contributed by atoms with Crippen molar-refractivity contribution >= 4 is 58.0 Å². The molecule has 4 aromatic rings. The first-order valence-corrected chi connectivity index (χ1v) is 19.8. The van der Waals surface area contributed by atoms with Gasteiger partial charge in [-0.25, -0.2) is 8.42 Å². The van der Waals surface area contributed by atoms with Crippen LogP contribution in [0.4, 0.5) is 0 Å². The van der Waals surface area contributed by atoms with Crippen molar-refractivity contribution in [2.75, 3.05) is 0 Å². The third kappa shape index (κ3) is 15.3. The van der Waals surface area contributed by atoms with E-state index in [2.05, 4.69) is 13.8 Å². The maximum atomic E-state index is 12.3. The molecule has 2 N–H and O–H groups in total. The van der Waals surface area contributed by atoms with Crippen LogP contribution in [0.5, 0.6) is 34.5 Å². The molecule has 0 atom stereocenters. The third-order valence-electron chi connectivity index (χ3n) is 7.86. The van der Waals surface area contributed by atoms with Gasteiger partial charge in [0.15, 0.2) is 5.75 Å². The number of aryl methyl sites for hydroxylation is 2. The second-order valence-electron chi connectivity index (χ2n) is 11.9. The van der Waals surface area contributed by atoms with Crippen LogP contribution in [0.1, 0.15) is 89.2 Å². The molecule has 0 amide bonds. The van der Waals surface area contributed by atoms with E-state index in [1.165, 1.54) is 18.2 Å². The second kappa shape index (κ2) is 22.3. The van der Waals surface area contributed by atoms with Crippen LogP contribution in [-0.4, -0.2) is 68.8 Å². The molecule has 51 heavy (non-hydrogen) atoms. The number of benzene rings is 4. The minimum absolute atomic E-state index is 0. The average molecular weight is 767 g/mol. The number of phenolic OH excluding ortho intramolecular Hbond substituents is 1. The summed E-state index contributed by atoms with van der Waals surface area (Å²) in [4.78, 5) is -0.822. The van der Waals surface area contributed by atoms with Crippen LogP contribution in [0.25, 0.3) is 0 Å². The molecule has 272 valence electrons. The standard InChI is InChI=1S/2C19H24O5S.Ca/c2*1-2-3-4-5-7-10-15-13-19(25(21,22)23)18(14-17(15)20)24-16-11-8-6-9-12-16;/h2*6,8-9,11-14,20H,2-5,7,10H2,1H3,(H,21,22,23);/q;;+2/p-2. The Morgan fingerprint density at radius 1 is 0.608 bits per heavy atom. The summed E-state index contributed by atoms with van der Waals surface area (Å²) in [6.07, 6.45) is 11.3. The predicted molar refractivity (Wildman–Crippen MR) is 195 cm³/mol. The Labute approximate surface area is 332 Å². The second-order valence-corrected chi connectivity index (χ2v) is 14.7. The zero-order valence-electron chi connectivity index (χ0n) is 29.3. The third-order valence-corrected chi connectivity index (χ3v) is 9.59. The van der Waals surface area contributed by atoms with E-state index in [4.69, 9.17) is 9.47 Å². The number of ether oxygens (including phenoxy) is 2. The number of para-hydroxylation sites is 2. The van der Waals surface area contributed by atoms with Crippen LogP contribution in [0, 0.1) is 0 Å². The van der Waals surface area contributed by atoms with Gasteiger partial charge in [-0.3, -0.25) is 4.55 Å². The van der Waals surface area contributed by atoms with Gasteiger partial charge in [0.25, 0.3) is 10.1 Å². The Kier molecular flexibility index (Phi) is 19.4. The first-order valence-electron chi connectivity index (χ1n) is 16.9. The number of unbranched alkanes of at least 4 members (excludes halogenated alkanes) is 8. The molecule has 0 heterocycles. The van der Waals surface area contributed by atoms with Crippen LogP contribution in [0.15, 0.2) is 94.7 Å². The molecule has 0 radical (unpaired) electrons. The number of hydrogen-bond donors (Lipinski definition) is 2. The van der Waals surface area contributed by atoms with Crippen LogP contribution in [0.2, 0.25) is 0 Å². The van der Waals surface area contributed by atoms with Crippen molar-refractivity contribution < 1.29 is 45.6 Å². The van der Waals surface area contributed by atoms with Crippen molar-refractivity contribution in [2.45, 2.75) is 101 Å². The summed E-state index contributed by atoms with van der Waals surface area (Å²) >= 11 is 0. The van der Waals surface area contributed by atoms with Crippen LogP contribution in [-0.2, 0) is 33.1 Å². The number of hydrogen-bond acceptors (Lipinski definition) is 9. The summed E-state index contributed by atoms with van der Waals surface area (Å²) in [7, 11) is -9.21. The zero-order valence-corrected chi connectivity index (χ0v) is 33.1. The fourth-order valence-corrected chi connectivity index (χ4v) is 6.48. The maximum Gasteiger partial charge on any atom is 2.00 e. The van der Waals surface area contributed by atoms with E-state index >= 15 is 0 Å². The van der Waals surface area contributed by atoms with Crippen molar-refractivity contribution in [3.05, 3.63) is 96.1 Å². The molecule has 0 aliphatic heterocycles. The quantitative estimate of drug-likeness (QED) is 0.0568. The Bertz CT molecular complexity index is 1710. The van der Waals surface area contributed by atoms with Crippen molar-refractivity contribution in [1.29, 1.82) is 0 Å². The number of rotatable bonds is 18. The van der Waals surface area contributed by atoms with Crippen molar-refractivity contribution in [1.82, 2.24) is 0 Å². The molecule has 0 aliphatic rings. The molecule has 4 rings (SSSR count). The SMILES string of the molecule is CCCCCCCc1cc(S(=O)(=O)O)c(Oc2ccccc2)cc1O.CCCCCCCc1cc(S(=O)(=O)[O-])c(Oc2ccccc2)cc1[O-].[Ca+2]. The zero-order chi connectivity index (χ0) is 36.6. The van der Waals surface area contributed by atoms with Gasteiger partial charge < -0.3 is 24.2 Å². The first kappa shape index (κ1) is 44.3. The molecule has 0 saturated carbocycles. The van der Waals surface area contributed by atoms with E-state index in [1.54, 1.807) is 60.7 Å². The minimum atomic E-state index is -4.75. The van der Waals surface area contributed by atoms with E-state index in [1.807, 2.05) is 0 Å². The van der Waals surface area contributed by atoms with Gasteiger partial charge in [0, 0.05) is 6.07 Å². The topological polar surface area (TPSA) is 173 Å². The molecule has 0 spiro atoms.